The molecule has 0 aliphatic carbocycles. The third-order valence-electron chi connectivity index (χ3n) is 5.80. The van der Waals surface area contributed by atoms with Crippen LogP contribution in [0.25, 0.3) is 16.6 Å². The van der Waals surface area contributed by atoms with E-state index in [1.54, 1.807) is 61.5 Å². The predicted octanol–water partition coefficient (Wildman–Crippen LogP) is 0.230. The van der Waals surface area contributed by atoms with Crippen LogP contribution in [0.2, 0.25) is 0 Å². The normalized spacial score (nSPS) is 12.4. The molecule has 0 radical (unpaired) electrons. The third kappa shape index (κ3) is 5.63. The van der Waals surface area contributed by atoms with Gasteiger partial charge in [0.1, 0.15) is 11.0 Å². The first-order valence-electron chi connectivity index (χ1n) is 11.3. The zero-order valence-corrected chi connectivity index (χ0v) is 23.4. The Balaban J connectivity index is 0.00000336. The van der Waals surface area contributed by atoms with Gasteiger partial charge in [0.2, 0.25) is 6.79 Å². The Morgan fingerprint density at radius 3 is 2.32 bits per heavy atom. The van der Waals surface area contributed by atoms with Gasteiger partial charge in [-0.3, -0.25) is 4.79 Å². The van der Waals surface area contributed by atoms with Gasteiger partial charge in [0.15, 0.2) is 17.3 Å². The summed E-state index contributed by atoms with van der Waals surface area (Å²) in [6.45, 7) is 1.99. The molecule has 2 heterocycles. The van der Waals surface area contributed by atoms with Crippen molar-refractivity contribution in [3.8, 4) is 11.5 Å². The number of carboxylic acid groups (broad SMARTS) is 1. The maximum absolute atomic E-state index is 13.8. The number of allylic oxidation sites excluding steroid dienone is 1. The Kier molecular flexibility index (Phi) is 8.58. The van der Waals surface area contributed by atoms with Crippen molar-refractivity contribution in [1.82, 2.24) is 8.75 Å². The summed E-state index contributed by atoms with van der Waals surface area (Å²) < 4.78 is 24.1. The summed E-state index contributed by atoms with van der Waals surface area (Å²) in [6.07, 6.45) is -0.0347. The zero-order chi connectivity index (χ0) is 25.9. The van der Waals surface area contributed by atoms with Crippen molar-refractivity contribution in [1.29, 1.82) is 0 Å². The Labute approximate surface area is 243 Å². The summed E-state index contributed by atoms with van der Waals surface area (Å²) in [4.78, 5) is 38.3. The fourth-order valence-electron chi connectivity index (χ4n) is 4.02. The second kappa shape index (κ2) is 11.9. The molecule has 4 aromatic rings. The zero-order valence-electron chi connectivity index (χ0n) is 20.6. The second-order valence-electron chi connectivity index (χ2n) is 8.10. The van der Waals surface area contributed by atoms with Crippen molar-refractivity contribution in [2.75, 3.05) is 13.4 Å². The molecule has 0 N–H and O–H groups in total. The molecular formula is C27H19N2NaO7S. The summed E-state index contributed by atoms with van der Waals surface area (Å²) in [7, 11) is 0. The topological polar surface area (TPSA) is 128 Å². The van der Waals surface area contributed by atoms with Crippen LogP contribution in [-0.4, -0.2) is 39.9 Å². The number of fused-ring (bicyclic) bond motifs is 2. The minimum Gasteiger partial charge on any atom is -0.545 e. The van der Waals surface area contributed by atoms with E-state index >= 15 is 0 Å². The average molecular weight is 539 g/mol. The van der Waals surface area contributed by atoms with Crippen LogP contribution in [0.4, 0.5) is 0 Å². The first kappa shape index (κ1) is 27.5. The van der Waals surface area contributed by atoms with E-state index in [1.807, 2.05) is 0 Å². The van der Waals surface area contributed by atoms with Crippen LogP contribution in [0, 0.1) is 0 Å². The molecule has 0 fully saturated rings. The maximum Gasteiger partial charge on any atom is 1.00 e. The summed E-state index contributed by atoms with van der Waals surface area (Å²) >= 11 is 1.00. The second-order valence-corrected chi connectivity index (χ2v) is 8.63. The number of benzene rings is 3. The molecule has 1 aromatic heterocycles. The number of aliphatic carboxylic acids is 1. The van der Waals surface area contributed by atoms with Crippen molar-refractivity contribution in [2.45, 2.75) is 13.3 Å². The smallest absolute Gasteiger partial charge is 0.545 e. The quantitative estimate of drug-likeness (QED) is 0.134. The number of carboxylic acids is 1. The van der Waals surface area contributed by atoms with Gasteiger partial charge in [0.05, 0.1) is 29.9 Å². The minimum absolute atomic E-state index is 0. The van der Waals surface area contributed by atoms with E-state index in [1.165, 1.54) is 6.07 Å². The summed E-state index contributed by atoms with van der Waals surface area (Å²) in [5.74, 6) is -1.59. The number of ketones is 1. The number of aromatic nitrogens is 2. The monoisotopic (exact) mass is 538 g/mol. The fraction of sp³-hybridized carbons (Fsp3) is 0.148. The van der Waals surface area contributed by atoms with Crippen LogP contribution in [0.5, 0.6) is 11.5 Å². The van der Waals surface area contributed by atoms with E-state index in [-0.39, 0.29) is 71.7 Å². The standard InChI is InChI=1S/C27H20N2O7S.Na/c1-2-34-27(33)16-5-3-15(4-6-16)11-19(25(30)18-8-10-22-23(13-18)36-14-35-22)24(26(31)32)17-7-9-20-21(12-17)29-37-28-20;/h3-10,12-13H,2,11,14H2,1H3,(H,31,32);/q;+1/p-1/b24-19+;. The molecule has 0 atom stereocenters. The SMILES string of the molecule is CCOC(=O)c1ccc(C/C(C(=O)c2ccc3c(c2)OCO3)=C(\C(=O)[O-])c2ccc3nsnc3c2)cc1.[Na+]. The molecule has 186 valence electrons. The van der Waals surface area contributed by atoms with Crippen LogP contribution in [-0.2, 0) is 16.0 Å². The molecule has 0 saturated carbocycles. The van der Waals surface area contributed by atoms with Crippen molar-refractivity contribution in [3.63, 3.8) is 0 Å². The summed E-state index contributed by atoms with van der Waals surface area (Å²) in [6, 6.07) is 15.9. The fourth-order valence-corrected chi connectivity index (χ4v) is 4.54. The van der Waals surface area contributed by atoms with Crippen molar-refractivity contribution in [2.24, 2.45) is 0 Å². The number of Topliss-reactive ketones (excluding diaryl/α,β-unsaturated/α-hetero) is 1. The van der Waals surface area contributed by atoms with Crippen LogP contribution in [0.1, 0.15) is 38.8 Å². The van der Waals surface area contributed by atoms with Crippen LogP contribution in [0.15, 0.2) is 66.2 Å². The molecule has 0 amide bonds. The van der Waals surface area contributed by atoms with E-state index in [9.17, 15) is 19.5 Å². The summed E-state index contributed by atoms with van der Waals surface area (Å²) in [5, 5.41) is 12.5. The van der Waals surface area contributed by atoms with E-state index in [4.69, 9.17) is 14.2 Å². The summed E-state index contributed by atoms with van der Waals surface area (Å²) in [5.41, 5.74) is 2.34. The first-order chi connectivity index (χ1) is 17.9. The van der Waals surface area contributed by atoms with E-state index in [2.05, 4.69) is 8.75 Å². The largest absolute Gasteiger partial charge is 1.00 e. The number of carbonyl (C=O) groups excluding carboxylic acids is 3. The molecule has 5 rings (SSSR count). The van der Waals surface area contributed by atoms with E-state index < -0.39 is 17.7 Å². The average Bonchev–Trinajstić information content (AvgIpc) is 3.57. The number of esters is 1. The van der Waals surface area contributed by atoms with Crippen LogP contribution >= 0.6 is 11.7 Å². The van der Waals surface area contributed by atoms with Crippen molar-refractivity contribution < 1.29 is 63.3 Å². The molecule has 11 heteroatoms. The number of nitrogens with zero attached hydrogens (tertiary/aromatic N) is 2. The Morgan fingerprint density at radius 2 is 1.58 bits per heavy atom. The molecule has 3 aromatic carbocycles. The number of carbonyl (C=O) groups is 3. The van der Waals surface area contributed by atoms with Gasteiger partial charge < -0.3 is 24.1 Å². The van der Waals surface area contributed by atoms with E-state index in [0.717, 1.165) is 11.7 Å². The van der Waals surface area contributed by atoms with Crippen molar-refractivity contribution >= 4 is 46.1 Å². The molecule has 0 spiro atoms. The Morgan fingerprint density at radius 1 is 0.895 bits per heavy atom. The van der Waals surface area contributed by atoms with Gasteiger partial charge in [0.25, 0.3) is 0 Å². The van der Waals surface area contributed by atoms with E-state index in [0.29, 0.717) is 33.7 Å². The minimum atomic E-state index is -1.50. The number of rotatable bonds is 8. The molecule has 9 nitrogen and oxygen atoms in total. The van der Waals surface area contributed by atoms with Gasteiger partial charge in [-0.05, 0) is 60.5 Å². The van der Waals surface area contributed by atoms with Crippen LogP contribution in [0.3, 0.4) is 0 Å². The first-order valence-corrected chi connectivity index (χ1v) is 12.0. The molecule has 1 aliphatic heterocycles. The third-order valence-corrected chi connectivity index (χ3v) is 6.36. The van der Waals surface area contributed by atoms with Gasteiger partial charge in [-0.25, -0.2) is 4.79 Å². The number of hydrogen-bond acceptors (Lipinski definition) is 10. The predicted molar refractivity (Wildman–Crippen MR) is 132 cm³/mol. The van der Waals surface area contributed by atoms with Gasteiger partial charge in [-0.1, -0.05) is 18.2 Å². The maximum atomic E-state index is 13.8. The van der Waals surface area contributed by atoms with Gasteiger partial charge in [-0.2, -0.15) is 8.75 Å². The van der Waals surface area contributed by atoms with Crippen molar-refractivity contribution in [3.05, 3.63) is 88.5 Å². The Bertz CT molecular complexity index is 1560. The molecule has 0 saturated heterocycles. The van der Waals surface area contributed by atoms with Gasteiger partial charge >= 0.3 is 35.5 Å². The van der Waals surface area contributed by atoms with Gasteiger partial charge in [-0.15, -0.1) is 0 Å². The number of ether oxygens (including phenoxy) is 3. The molecule has 0 bridgehead atoms. The molecular weight excluding hydrogens is 519 g/mol. The van der Waals surface area contributed by atoms with Gasteiger partial charge in [0, 0.05) is 23.1 Å². The Hall–Kier alpha value is -3.57. The molecule has 1 aliphatic rings. The molecule has 38 heavy (non-hydrogen) atoms. The van der Waals surface area contributed by atoms with Crippen LogP contribution < -0.4 is 44.1 Å². The molecule has 0 unspecified atom stereocenters. The number of hydrogen-bond donors (Lipinski definition) is 0.